The number of benzene rings is 1. The average molecular weight is 508 g/mol. The monoisotopic (exact) mass is 507 g/mol. The Morgan fingerprint density at radius 3 is 2.67 bits per heavy atom. The van der Waals surface area contributed by atoms with Crippen molar-refractivity contribution in [3.8, 4) is 11.5 Å². The van der Waals surface area contributed by atoms with Gasteiger partial charge in [0.1, 0.15) is 24.4 Å². The molecule has 1 aromatic rings. The van der Waals surface area contributed by atoms with Crippen molar-refractivity contribution in [3.05, 3.63) is 29.8 Å². The topological polar surface area (TPSA) is 138 Å². The van der Waals surface area contributed by atoms with Gasteiger partial charge in [-0.15, -0.1) is 0 Å². The zero-order chi connectivity index (χ0) is 25.7. The summed E-state index contributed by atoms with van der Waals surface area (Å²) in [7, 11) is 1.44. The van der Waals surface area contributed by atoms with Crippen LogP contribution in [0.1, 0.15) is 37.7 Å². The van der Waals surface area contributed by atoms with E-state index in [0.717, 1.165) is 25.9 Å². The highest BCUT2D eigenvalue weighted by molar-refractivity contribution is 5.87. The van der Waals surface area contributed by atoms with E-state index < -0.39 is 43.3 Å². The molecular formula is C26H37NO9. The highest BCUT2D eigenvalue weighted by Gasteiger charge is 2.45. The van der Waals surface area contributed by atoms with Gasteiger partial charge in [0.15, 0.2) is 11.5 Å². The maximum atomic E-state index is 12.4. The molecule has 0 saturated carbocycles. The minimum atomic E-state index is -1.55. The van der Waals surface area contributed by atoms with E-state index in [2.05, 4.69) is 4.90 Å². The zero-order valence-electron chi connectivity index (χ0n) is 20.6. The molecule has 4 N–H and O–H groups in total. The van der Waals surface area contributed by atoms with E-state index in [1.807, 2.05) is 0 Å². The SMILES string of the molecule is COc1cc(/C=C/C(=O)OC[C@@H]2CCCN3CCCC[C@H]23)ccc1O[C@@H]1O[C@H](CO)[C@@H](O)[C@H](O)[C@H]1O. The van der Waals surface area contributed by atoms with Crippen molar-refractivity contribution < 1.29 is 44.2 Å². The van der Waals surface area contributed by atoms with Gasteiger partial charge >= 0.3 is 5.97 Å². The van der Waals surface area contributed by atoms with Crippen molar-refractivity contribution in [2.24, 2.45) is 5.92 Å². The number of carbonyl (C=O) groups is 1. The molecule has 0 bridgehead atoms. The summed E-state index contributed by atoms with van der Waals surface area (Å²) in [5, 5.41) is 39.4. The Balaban J connectivity index is 1.33. The molecule has 0 spiro atoms. The van der Waals surface area contributed by atoms with Crippen LogP contribution in [-0.2, 0) is 14.3 Å². The van der Waals surface area contributed by atoms with E-state index >= 15 is 0 Å². The Morgan fingerprint density at radius 2 is 1.89 bits per heavy atom. The number of esters is 1. The van der Waals surface area contributed by atoms with Crippen LogP contribution in [0.15, 0.2) is 24.3 Å². The number of carbonyl (C=O) groups excluding carboxylic acids is 1. The van der Waals surface area contributed by atoms with Gasteiger partial charge < -0.3 is 39.4 Å². The van der Waals surface area contributed by atoms with E-state index in [1.54, 1.807) is 24.3 Å². The first kappa shape index (κ1) is 26.8. The van der Waals surface area contributed by atoms with Crippen molar-refractivity contribution in [1.82, 2.24) is 4.90 Å². The van der Waals surface area contributed by atoms with Gasteiger partial charge in [-0.25, -0.2) is 4.79 Å². The van der Waals surface area contributed by atoms with Crippen molar-refractivity contribution >= 4 is 12.0 Å². The van der Waals surface area contributed by atoms with Crippen LogP contribution in [0.25, 0.3) is 6.08 Å². The number of aliphatic hydroxyl groups excluding tert-OH is 4. The first-order valence-electron chi connectivity index (χ1n) is 12.7. The summed E-state index contributed by atoms with van der Waals surface area (Å²) in [5.74, 6) is 0.511. The lowest BCUT2D eigenvalue weighted by atomic mass is 9.84. The molecule has 10 heteroatoms. The third kappa shape index (κ3) is 6.19. The Hall–Kier alpha value is -2.21. The fourth-order valence-electron chi connectivity index (χ4n) is 5.35. The van der Waals surface area contributed by atoms with E-state index in [4.69, 9.17) is 18.9 Å². The van der Waals surface area contributed by atoms with Crippen LogP contribution in [-0.4, -0.2) is 101 Å². The van der Waals surface area contributed by atoms with Gasteiger partial charge in [-0.1, -0.05) is 12.5 Å². The molecule has 1 aromatic carbocycles. The standard InChI is InChI=1S/C26H37NO9/c1-33-20-13-16(7-9-19(20)35-26-25(32)24(31)23(30)21(14-28)36-26)8-10-22(29)34-15-17-5-4-12-27-11-3-2-6-18(17)27/h7-10,13,17-18,21,23-26,28,30-32H,2-6,11-12,14-15H2,1H3/b10-8+/t17-,18+,21+,23+,24-,25+,26+/m0/s1. The Bertz CT molecular complexity index is 905. The molecule has 0 aliphatic carbocycles. The van der Waals surface area contributed by atoms with Gasteiger partial charge in [0.2, 0.25) is 6.29 Å². The minimum absolute atomic E-state index is 0.218. The first-order valence-corrected chi connectivity index (χ1v) is 12.7. The lowest BCUT2D eigenvalue weighted by Crippen LogP contribution is -2.60. The third-order valence-electron chi connectivity index (χ3n) is 7.36. The summed E-state index contributed by atoms with van der Waals surface area (Å²) in [6, 6.07) is 5.42. The number of nitrogens with zero attached hydrogens (tertiary/aromatic N) is 1. The molecule has 0 radical (unpaired) electrons. The molecule has 3 heterocycles. The van der Waals surface area contributed by atoms with E-state index in [1.165, 1.54) is 32.4 Å². The van der Waals surface area contributed by atoms with Crippen LogP contribution in [0, 0.1) is 5.92 Å². The Labute approximate surface area is 211 Å². The predicted octanol–water partition coefficient (Wildman–Crippen LogP) is 0.695. The lowest BCUT2D eigenvalue weighted by molar-refractivity contribution is -0.277. The van der Waals surface area contributed by atoms with Gasteiger partial charge in [0, 0.05) is 18.0 Å². The van der Waals surface area contributed by atoms with Crippen LogP contribution in [0.4, 0.5) is 0 Å². The fraction of sp³-hybridized carbons (Fsp3) is 0.654. The number of hydrogen-bond donors (Lipinski definition) is 4. The molecule has 7 atom stereocenters. The summed E-state index contributed by atoms with van der Waals surface area (Å²) in [6.07, 6.45) is 1.94. The van der Waals surface area contributed by atoms with Crippen molar-refractivity contribution in [2.75, 3.05) is 33.4 Å². The molecule has 200 valence electrons. The van der Waals surface area contributed by atoms with Crippen LogP contribution in [0.5, 0.6) is 11.5 Å². The second kappa shape index (κ2) is 12.4. The molecule has 3 saturated heterocycles. The molecule has 36 heavy (non-hydrogen) atoms. The highest BCUT2D eigenvalue weighted by atomic mass is 16.7. The molecule has 3 aliphatic rings. The number of aliphatic hydroxyl groups is 4. The van der Waals surface area contributed by atoms with Crippen LogP contribution >= 0.6 is 0 Å². The number of hydrogen-bond acceptors (Lipinski definition) is 10. The third-order valence-corrected chi connectivity index (χ3v) is 7.36. The predicted molar refractivity (Wildman–Crippen MR) is 129 cm³/mol. The fourth-order valence-corrected chi connectivity index (χ4v) is 5.35. The molecule has 0 aromatic heterocycles. The number of methoxy groups -OCH3 is 1. The number of ether oxygens (including phenoxy) is 4. The summed E-state index contributed by atoms with van der Waals surface area (Å²) in [6.45, 7) is 2.17. The Morgan fingerprint density at radius 1 is 1.08 bits per heavy atom. The van der Waals surface area contributed by atoms with E-state index in [-0.39, 0.29) is 5.75 Å². The van der Waals surface area contributed by atoms with Gasteiger partial charge in [0.05, 0.1) is 20.3 Å². The Kier molecular flexibility index (Phi) is 9.21. The molecule has 10 nitrogen and oxygen atoms in total. The number of rotatable bonds is 8. The quantitative estimate of drug-likeness (QED) is 0.294. The normalized spacial score (nSPS) is 33.2. The van der Waals surface area contributed by atoms with Crippen molar-refractivity contribution in [3.63, 3.8) is 0 Å². The first-order chi connectivity index (χ1) is 17.4. The molecule has 0 amide bonds. The highest BCUT2D eigenvalue weighted by Crippen LogP contribution is 2.33. The van der Waals surface area contributed by atoms with Gasteiger partial charge in [0.25, 0.3) is 0 Å². The van der Waals surface area contributed by atoms with Crippen LogP contribution in [0.2, 0.25) is 0 Å². The molecule has 0 unspecified atom stereocenters. The average Bonchev–Trinajstić information content (AvgIpc) is 2.91. The zero-order valence-corrected chi connectivity index (χ0v) is 20.6. The van der Waals surface area contributed by atoms with Gasteiger partial charge in [-0.3, -0.25) is 4.90 Å². The van der Waals surface area contributed by atoms with Crippen molar-refractivity contribution in [2.45, 2.75) is 68.9 Å². The lowest BCUT2D eigenvalue weighted by Gasteiger charge is -2.44. The molecular weight excluding hydrogens is 470 g/mol. The minimum Gasteiger partial charge on any atom is -0.493 e. The maximum absolute atomic E-state index is 12.4. The smallest absolute Gasteiger partial charge is 0.330 e. The summed E-state index contributed by atoms with van der Waals surface area (Å²) in [4.78, 5) is 14.9. The largest absolute Gasteiger partial charge is 0.493 e. The molecule has 3 aliphatic heterocycles. The summed E-state index contributed by atoms with van der Waals surface area (Å²) in [5.41, 5.74) is 0.668. The van der Waals surface area contributed by atoms with Crippen molar-refractivity contribution in [1.29, 1.82) is 0 Å². The van der Waals surface area contributed by atoms with E-state index in [0.29, 0.717) is 29.9 Å². The molecule has 3 fully saturated rings. The van der Waals surface area contributed by atoms with E-state index in [9.17, 15) is 25.2 Å². The number of piperidine rings is 2. The van der Waals surface area contributed by atoms with Crippen LogP contribution < -0.4 is 9.47 Å². The second-order valence-electron chi connectivity index (χ2n) is 9.69. The van der Waals surface area contributed by atoms with Gasteiger partial charge in [-0.2, -0.15) is 0 Å². The van der Waals surface area contributed by atoms with Gasteiger partial charge in [-0.05, 0) is 62.5 Å². The molecule has 4 rings (SSSR count). The maximum Gasteiger partial charge on any atom is 0.330 e. The number of fused-ring (bicyclic) bond motifs is 1. The van der Waals surface area contributed by atoms with Crippen LogP contribution in [0.3, 0.4) is 0 Å². The summed E-state index contributed by atoms with van der Waals surface area (Å²) < 4.78 is 22.0. The second-order valence-corrected chi connectivity index (χ2v) is 9.69. The summed E-state index contributed by atoms with van der Waals surface area (Å²) >= 11 is 0.